The first-order chi connectivity index (χ1) is 17.0. The molecule has 0 radical (unpaired) electrons. The quantitative estimate of drug-likeness (QED) is 0.301. The third-order valence-electron chi connectivity index (χ3n) is 6.97. The zero-order valence-corrected chi connectivity index (χ0v) is 21.3. The Balaban J connectivity index is 1.31. The third kappa shape index (κ3) is 5.19. The number of hydrogen-bond acceptors (Lipinski definition) is 2. The van der Waals surface area contributed by atoms with E-state index in [2.05, 4.69) is 29.1 Å². The van der Waals surface area contributed by atoms with E-state index in [1.54, 1.807) is 0 Å². The van der Waals surface area contributed by atoms with E-state index in [1.165, 1.54) is 0 Å². The number of halogens is 2. The zero-order valence-electron chi connectivity index (χ0n) is 19.8. The summed E-state index contributed by atoms with van der Waals surface area (Å²) >= 11 is 12.5. The molecule has 1 aliphatic heterocycles. The molecule has 0 aliphatic carbocycles. The summed E-state index contributed by atoms with van der Waals surface area (Å²) in [6, 6.07) is 24.5. The number of amides is 1. The molecule has 1 saturated heterocycles. The summed E-state index contributed by atoms with van der Waals surface area (Å²) in [6.45, 7) is 1.57. The lowest BCUT2D eigenvalue weighted by Gasteiger charge is -2.33. The van der Waals surface area contributed by atoms with Crippen molar-refractivity contribution in [1.82, 2.24) is 9.47 Å². The predicted molar refractivity (Wildman–Crippen MR) is 146 cm³/mol. The van der Waals surface area contributed by atoms with Gasteiger partial charge in [0.1, 0.15) is 0 Å². The second kappa shape index (κ2) is 10.3. The van der Waals surface area contributed by atoms with Crippen molar-refractivity contribution >= 4 is 45.7 Å². The van der Waals surface area contributed by atoms with Crippen LogP contribution >= 0.6 is 23.2 Å². The lowest BCUT2D eigenvalue weighted by atomic mass is 9.99. The molecule has 1 amide bonds. The van der Waals surface area contributed by atoms with Crippen molar-refractivity contribution in [1.29, 1.82) is 0 Å². The second-order valence-electron chi connectivity index (χ2n) is 9.22. The van der Waals surface area contributed by atoms with Crippen LogP contribution in [0.25, 0.3) is 22.2 Å². The number of nitrogens with zero attached hydrogens (tertiary/aromatic N) is 2. The largest absolute Gasteiger partial charge is 0.382 e. The lowest BCUT2D eigenvalue weighted by Crippen LogP contribution is -2.42. The van der Waals surface area contributed by atoms with E-state index >= 15 is 0 Å². The average Bonchev–Trinajstić information content (AvgIpc) is 3.14. The van der Waals surface area contributed by atoms with Crippen LogP contribution in [0, 0.1) is 0 Å². The highest BCUT2D eigenvalue weighted by molar-refractivity contribution is 6.31. The van der Waals surface area contributed by atoms with Crippen molar-refractivity contribution in [2.75, 3.05) is 18.4 Å². The molecule has 5 rings (SSSR count). The van der Waals surface area contributed by atoms with Crippen LogP contribution in [0.2, 0.25) is 10.0 Å². The molecular weight excluding hydrogens is 477 g/mol. The summed E-state index contributed by atoms with van der Waals surface area (Å²) in [7, 11) is 2.07. The van der Waals surface area contributed by atoms with Crippen molar-refractivity contribution < 1.29 is 4.79 Å². The predicted octanol–water partition coefficient (Wildman–Crippen LogP) is 7.19. The van der Waals surface area contributed by atoms with E-state index in [4.69, 9.17) is 23.2 Å². The molecule has 6 heteroatoms. The highest BCUT2D eigenvalue weighted by Gasteiger charge is 2.24. The van der Waals surface area contributed by atoms with Crippen molar-refractivity contribution in [3.8, 4) is 11.3 Å². The molecule has 0 unspecified atom stereocenters. The Morgan fingerprint density at radius 3 is 2.34 bits per heavy atom. The number of aryl methyl sites for hydroxylation is 2. The van der Waals surface area contributed by atoms with Gasteiger partial charge in [-0.05, 0) is 72.9 Å². The fourth-order valence-corrected chi connectivity index (χ4v) is 5.45. The fraction of sp³-hybridized carbons (Fsp3) is 0.276. The normalized spacial score (nSPS) is 14.4. The van der Waals surface area contributed by atoms with Crippen LogP contribution in [0.3, 0.4) is 0 Å². The fourth-order valence-electron chi connectivity index (χ4n) is 5.15. The molecule has 1 fully saturated rings. The van der Waals surface area contributed by atoms with E-state index in [1.807, 2.05) is 65.6 Å². The number of aromatic nitrogens is 1. The monoisotopic (exact) mass is 505 g/mol. The number of anilines is 1. The maximum Gasteiger partial charge on any atom is 0.222 e. The van der Waals surface area contributed by atoms with Crippen LogP contribution in [0.5, 0.6) is 0 Å². The Kier molecular flexibility index (Phi) is 7.03. The standard InChI is InChI=1S/C29H29Cl2N3O/c1-33-27-13-11-22(31)19-26(27)25(29(33)20-7-9-21(30)10-8-20)12-14-28(35)34-17-15-24(16-18-34)32-23-5-3-2-4-6-23/h2-11,13,19,24,32H,12,14-18H2,1H3. The summed E-state index contributed by atoms with van der Waals surface area (Å²) in [5.41, 5.74) is 5.59. The maximum absolute atomic E-state index is 13.2. The van der Waals surface area contributed by atoms with Crippen molar-refractivity contribution in [2.45, 2.75) is 31.7 Å². The topological polar surface area (TPSA) is 37.3 Å². The Morgan fingerprint density at radius 1 is 0.943 bits per heavy atom. The van der Waals surface area contributed by atoms with Crippen LogP contribution in [-0.4, -0.2) is 34.5 Å². The number of fused-ring (bicyclic) bond motifs is 1. The van der Waals surface area contributed by atoms with Gasteiger partial charge in [0.05, 0.1) is 5.69 Å². The average molecular weight is 506 g/mol. The molecule has 1 N–H and O–H groups in total. The molecule has 3 aromatic carbocycles. The minimum atomic E-state index is 0.212. The van der Waals surface area contributed by atoms with Gasteiger partial charge in [0.2, 0.25) is 5.91 Å². The number of benzene rings is 3. The SMILES string of the molecule is Cn1c(-c2ccc(Cl)cc2)c(CCC(=O)N2CCC(Nc3ccccc3)CC2)c2cc(Cl)ccc21. The summed E-state index contributed by atoms with van der Waals surface area (Å²) in [5, 5.41) is 6.10. The number of likely N-dealkylation sites (tertiary alicyclic amines) is 1. The van der Waals surface area contributed by atoms with E-state index < -0.39 is 0 Å². The molecule has 0 spiro atoms. The number of piperidine rings is 1. The maximum atomic E-state index is 13.2. The highest BCUT2D eigenvalue weighted by Crippen LogP contribution is 2.36. The van der Waals surface area contributed by atoms with Crippen molar-refractivity contribution in [3.63, 3.8) is 0 Å². The van der Waals surface area contributed by atoms with Gasteiger partial charge in [0.25, 0.3) is 0 Å². The number of para-hydroxylation sites is 1. The van der Waals surface area contributed by atoms with Crippen LogP contribution in [0.1, 0.15) is 24.8 Å². The van der Waals surface area contributed by atoms with Gasteiger partial charge < -0.3 is 14.8 Å². The molecule has 180 valence electrons. The highest BCUT2D eigenvalue weighted by atomic mass is 35.5. The van der Waals surface area contributed by atoms with E-state index in [9.17, 15) is 4.79 Å². The third-order valence-corrected chi connectivity index (χ3v) is 7.45. The molecular formula is C29H29Cl2N3O. The number of carbonyl (C=O) groups is 1. The minimum Gasteiger partial charge on any atom is -0.382 e. The molecule has 0 saturated carbocycles. The van der Waals surface area contributed by atoms with Crippen LogP contribution < -0.4 is 5.32 Å². The lowest BCUT2D eigenvalue weighted by molar-refractivity contribution is -0.132. The Labute approximate surface area is 216 Å². The van der Waals surface area contributed by atoms with Gasteiger partial charge in [0, 0.05) is 59.2 Å². The number of rotatable bonds is 6. The summed E-state index contributed by atoms with van der Waals surface area (Å²) < 4.78 is 2.19. The number of carbonyl (C=O) groups excluding carboxylic acids is 1. The first-order valence-corrected chi connectivity index (χ1v) is 12.9. The summed E-state index contributed by atoms with van der Waals surface area (Å²) in [6.07, 6.45) is 3.06. The second-order valence-corrected chi connectivity index (χ2v) is 10.1. The molecule has 1 aromatic heterocycles. The minimum absolute atomic E-state index is 0.212. The summed E-state index contributed by atoms with van der Waals surface area (Å²) in [4.78, 5) is 15.2. The van der Waals surface area contributed by atoms with Gasteiger partial charge in [-0.3, -0.25) is 4.79 Å². The van der Waals surface area contributed by atoms with E-state index in [0.29, 0.717) is 28.9 Å². The molecule has 4 aromatic rings. The molecule has 2 heterocycles. The molecule has 4 nitrogen and oxygen atoms in total. The smallest absolute Gasteiger partial charge is 0.222 e. The van der Waals surface area contributed by atoms with Crippen LogP contribution in [0.4, 0.5) is 5.69 Å². The van der Waals surface area contributed by atoms with Gasteiger partial charge in [-0.2, -0.15) is 0 Å². The van der Waals surface area contributed by atoms with Gasteiger partial charge in [-0.1, -0.05) is 53.5 Å². The Morgan fingerprint density at radius 2 is 1.63 bits per heavy atom. The number of hydrogen-bond donors (Lipinski definition) is 1. The van der Waals surface area contributed by atoms with Gasteiger partial charge in [-0.25, -0.2) is 0 Å². The van der Waals surface area contributed by atoms with E-state index in [0.717, 1.165) is 59.3 Å². The summed E-state index contributed by atoms with van der Waals surface area (Å²) in [5.74, 6) is 0.212. The van der Waals surface area contributed by atoms with Crippen molar-refractivity contribution in [3.05, 3.63) is 88.4 Å². The molecule has 0 bridgehead atoms. The van der Waals surface area contributed by atoms with Gasteiger partial charge >= 0.3 is 0 Å². The van der Waals surface area contributed by atoms with E-state index in [-0.39, 0.29) is 5.91 Å². The van der Waals surface area contributed by atoms with Crippen LogP contribution in [0.15, 0.2) is 72.8 Å². The molecule has 35 heavy (non-hydrogen) atoms. The first-order valence-electron chi connectivity index (χ1n) is 12.1. The first kappa shape index (κ1) is 23.8. The Hall–Kier alpha value is -2.95. The zero-order chi connectivity index (χ0) is 24.4. The molecule has 1 aliphatic rings. The van der Waals surface area contributed by atoms with Gasteiger partial charge in [-0.15, -0.1) is 0 Å². The molecule has 0 atom stereocenters. The van der Waals surface area contributed by atoms with Crippen LogP contribution in [-0.2, 0) is 18.3 Å². The van der Waals surface area contributed by atoms with Gasteiger partial charge in [0.15, 0.2) is 0 Å². The Bertz CT molecular complexity index is 1320. The van der Waals surface area contributed by atoms with Crippen molar-refractivity contribution in [2.24, 2.45) is 7.05 Å². The number of nitrogens with one attached hydrogen (secondary N) is 1.